The van der Waals surface area contributed by atoms with Crippen LogP contribution in [0.2, 0.25) is 15.1 Å². The number of para-hydroxylation sites is 1. The van der Waals surface area contributed by atoms with Crippen molar-refractivity contribution < 1.29 is 14.3 Å². The highest BCUT2D eigenvalue weighted by Gasteiger charge is 2.13. The van der Waals surface area contributed by atoms with Crippen molar-refractivity contribution in [1.29, 1.82) is 5.26 Å². The van der Waals surface area contributed by atoms with Crippen LogP contribution in [-0.2, 0) is 11.4 Å². The predicted octanol–water partition coefficient (Wildman–Crippen LogP) is 7.17. The van der Waals surface area contributed by atoms with Gasteiger partial charge >= 0.3 is 0 Å². The average molecular weight is 502 g/mol. The molecule has 0 spiro atoms. The summed E-state index contributed by atoms with van der Waals surface area (Å²) in [7, 11) is 0. The maximum absolute atomic E-state index is 12.6. The molecule has 3 rings (SSSR count). The topological polar surface area (TPSA) is 71.3 Å². The minimum Gasteiger partial charge on any atom is -0.490 e. The van der Waals surface area contributed by atoms with Crippen molar-refractivity contribution in [2.75, 3.05) is 11.9 Å². The fourth-order valence-electron chi connectivity index (χ4n) is 2.86. The van der Waals surface area contributed by atoms with Crippen molar-refractivity contribution in [1.82, 2.24) is 0 Å². The third kappa shape index (κ3) is 6.66. The van der Waals surface area contributed by atoms with E-state index in [4.69, 9.17) is 44.3 Å². The normalized spacial score (nSPS) is 10.9. The number of rotatable bonds is 8. The van der Waals surface area contributed by atoms with Crippen LogP contribution in [0.1, 0.15) is 18.1 Å². The fourth-order valence-corrected chi connectivity index (χ4v) is 3.51. The van der Waals surface area contributed by atoms with Crippen molar-refractivity contribution in [3.05, 3.63) is 92.4 Å². The number of benzene rings is 3. The average Bonchev–Trinajstić information content (AvgIpc) is 2.79. The van der Waals surface area contributed by atoms with Crippen LogP contribution in [0, 0.1) is 11.3 Å². The summed E-state index contributed by atoms with van der Waals surface area (Å²) < 4.78 is 11.6. The summed E-state index contributed by atoms with van der Waals surface area (Å²) in [6.45, 7) is 2.47. The molecule has 1 amide bonds. The SMILES string of the molecule is CCOc1cc(/C=C(/C#N)C(=O)Nc2ccccc2Cl)ccc1OCc1ccc(Cl)cc1Cl. The number of carbonyl (C=O) groups is 1. The molecule has 0 atom stereocenters. The van der Waals surface area contributed by atoms with Gasteiger partial charge in [0.1, 0.15) is 18.2 Å². The Labute approximate surface area is 207 Å². The van der Waals surface area contributed by atoms with E-state index in [-0.39, 0.29) is 12.2 Å². The minimum atomic E-state index is -0.568. The van der Waals surface area contributed by atoms with E-state index in [0.29, 0.717) is 44.4 Å². The Kier molecular flexibility index (Phi) is 8.62. The molecule has 0 aliphatic rings. The van der Waals surface area contributed by atoms with Gasteiger partial charge in [-0.1, -0.05) is 59.1 Å². The molecule has 0 aromatic heterocycles. The third-order valence-electron chi connectivity index (χ3n) is 4.46. The van der Waals surface area contributed by atoms with Gasteiger partial charge in [-0.25, -0.2) is 0 Å². The number of ether oxygens (including phenoxy) is 2. The summed E-state index contributed by atoms with van der Waals surface area (Å²) >= 11 is 18.2. The highest BCUT2D eigenvalue weighted by molar-refractivity contribution is 6.35. The van der Waals surface area contributed by atoms with Crippen LogP contribution >= 0.6 is 34.8 Å². The zero-order valence-electron chi connectivity index (χ0n) is 17.6. The van der Waals surface area contributed by atoms with Crippen LogP contribution in [0.15, 0.2) is 66.2 Å². The van der Waals surface area contributed by atoms with Crippen LogP contribution in [0.25, 0.3) is 6.08 Å². The van der Waals surface area contributed by atoms with Gasteiger partial charge in [0.25, 0.3) is 5.91 Å². The van der Waals surface area contributed by atoms with E-state index in [2.05, 4.69) is 5.32 Å². The zero-order chi connectivity index (χ0) is 23.8. The van der Waals surface area contributed by atoms with E-state index in [0.717, 1.165) is 5.56 Å². The first kappa shape index (κ1) is 24.5. The molecule has 3 aromatic rings. The second-order valence-corrected chi connectivity index (χ2v) is 8.02. The highest BCUT2D eigenvalue weighted by Crippen LogP contribution is 2.31. The molecule has 5 nitrogen and oxygen atoms in total. The van der Waals surface area contributed by atoms with Gasteiger partial charge in [-0.2, -0.15) is 5.26 Å². The van der Waals surface area contributed by atoms with Gasteiger partial charge in [0, 0.05) is 15.6 Å². The van der Waals surface area contributed by atoms with Crippen molar-refractivity contribution in [3.8, 4) is 17.6 Å². The number of amides is 1. The lowest BCUT2D eigenvalue weighted by Crippen LogP contribution is -2.13. The van der Waals surface area contributed by atoms with Gasteiger partial charge in [-0.05, 0) is 55.0 Å². The van der Waals surface area contributed by atoms with E-state index >= 15 is 0 Å². The van der Waals surface area contributed by atoms with E-state index in [1.165, 1.54) is 6.08 Å². The number of anilines is 1. The number of hydrogen-bond acceptors (Lipinski definition) is 4. The lowest BCUT2D eigenvalue weighted by atomic mass is 10.1. The highest BCUT2D eigenvalue weighted by atomic mass is 35.5. The molecule has 0 unspecified atom stereocenters. The summed E-state index contributed by atoms with van der Waals surface area (Å²) in [5.74, 6) is 0.403. The molecule has 8 heteroatoms. The van der Waals surface area contributed by atoms with E-state index in [9.17, 15) is 10.1 Å². The Hall–Kier alpha value is -3.17. The molecule has 0 heterocycles. The summed E-state index contributed by atoms with van der Waals surface area (Å²) in [5, 5.41) is 13.6. The molecule has 0 aliphatic carbocycles. The second kappa shape index (κ2) is 11.6. The van der Waals surface area contributed by atoms with Crippen molar-refractivity contribution in [3.63, 3.8) is 0 Å². The summed E-state index contributed by atoms with van der Waals surface area (Å²) in [6, 6.07) is 19.0. The molecule has 0 saturated carbocycles. The third-order valence-corrected chi connectivity index (χ3v) is 5.38. The Bertz CT molecular complexity index is 1240. The van der Waals surface area contributed by atoms with Crippen LogP contribution in [-0.4, -0.2) is 12.5 Å². The van der Waals surface area contributed by atoms with Crippen LogP contribution < -0.4 is 14.8 Å². The monoisotopic (exact) mass is 500 g/mol. The lowest BCUT2D eigenvalue weighted by molar-refractivity contribution is -0.112. The number of nitrogens with one attached hydrogen (secondary N) is 1. The Balaban J connectivity index is 1.80. The Morgan fingerprint density at radius 3 is 2.48 bits per heavy atom. The molecular weight excluding hydrogens is 483 g/mol. The molecule has 0 aliphatic heterocycles. The first-order valence-corrected chi connectivity index (χ1v) is 11.1. The molecule has 0 saturated heterocycles. The lowest BCUT2D eigenvalue weighted by Gasteiger charge is -2.13. The largest absolute Gasteiger partial charge is 0.490 e. The van der Waals surface area contributed by atoms with E-state index < -0.39 is 5.91 Å². The van der Waals surface area contributed by atoms with Gasteiger partial charge in [-0.3, -0.25) is 4.79 Å². The molecule has 3 aromatic carbocycles. The van der Waals surface area contributed by atoms with Crippen LogP contribution in [0.3, 0.4) is 0 Å². The molecule has 0 radical (unpaired) electrons. The van der Waals surface area contributed by atoms with Crippen molar-refractivity contribution in [2.24, 2.45) is 0 Å². The molecule has 1 N–H and O–H groups in total. The van der Waals surface area contributed by atoms with Gasteiger partial charge in [0.2, 0.25) is 0 Å². The number of nitrogens with zero attached hydrogens (tertiary/aromatic N) is 1. The Morgan fingerprint density at radius 1 is 1.00 bits per heavy atom. The van der Waals surface area contributed by atoms with E-state index in [1.807, 2.05) is 13.0 Å². The maximum atomic E-state index is 12.6. The number of nitriles is 1. The fraction of sp³-hybridized carbons (Fsp3) is 0.120. The number of carbonyl (C=O) groups excluding carboxylic acids is 1. The predicted molar refractivity (Wildman–Crippen MR) is 132 cm³/mol. The van der Waals surface area contributed by atoms with Crippen LogP contribution in [0.5, 0.6) is 11.5 Å². The molecule has 0 fully saturated rings. The zero-order valence-corrected chi connectivity index (χ0v) is 19.8. The van der Waals surface area contributed by atoms with Gasteiger partial charge < -0.3 is 14.8 Å². The standard InChI is InChI=1S/C25H19Cl3N2O3/c1-2-32-24-12-16(7-10-23(24)33-15-17-8-9-19(26)13-21(17)28)11-18(14-29)25(31)30-22-6-4-3-5-20(22)27/h3-13H,2,15H2,1H3,(H,30,31)/b18-11-. The molecule has 33 heavy (non-hydrogen) atoms. The molecular formula is C25H19Cl3N2O3. The summed E-state index contributed by atoms with van der Waals surface area (Å²) in [5.41, 5.74) is 1.71. The summed E-state index contributed by atoms with van der Waals surface area (Å²) in [6.07, 6.45) is 1.47. The first-order chi connectivity index (χ1) is 15.9. The first-order valence-electron chi connectivity index (χ1n) is 9.92. The number of hydrogen-bond donors (Lipinski definition) is 1. The smallest absolute Gasteiger partial charge is 0.266 e. The number of halogens is 3. The van der Waals surface area contributed by atoms with Crippen molar-refractivity contribution >= 4 is 52.5 Å². The molecule has 168 valence electrons. The van der Waals surface area contributed by atoms with Gasteiger partial charge in [-0.15, -0.1) is 0 Å². The van der Waals surface area contributed by atoms with Gasteiger partial charge in [0.15, 0.2) is 11.5 Å². The van der Waals surface area contributed by atoms with Crippen LogP contribution in [0.4, 0.5) is 5.69 Å². The molecule has 0 bridgehead atoms. The van der Waals surface area contributed by atoms with Crippen molar-refractivity contribution in [2.45, 2.75) is 13.5 Å². The Morgan fingerprint density at radius 2 is 1.79 bits per heavy atom. The second-order valence-electron chi connectivity index (χ2n) is 6.77. The van der Waals surface area contributed by atoms with E-state index in [1.54, 1.807) is 60.7 Å². The quantitative estimate of drug-likeness (QED) is 0.262. The minimum absolute atomic E-state index is 0.0843. The summed E-state index contributed by atoms with van der Waals surface area (Å²) in [4.78, 5) is 12.6. The maximum Gasteiger partial charge on any atom is 0.266 e. The van der Waals surface area contributed by atoms with Gasteiger partial charge in [0.05, 0.1) is 17.3 Å².